The van der Waals surface area contributed by atoms with Gasteiger partial charge in [-0.3, -0.25) is 24.1 Å². The summed E-state index contributed by atoms with van der Waals surface area (Å²) in [5.74, 6) is -4.08. The third-order valence-corrected chi connectivity index (χ3v) is 6.00. The molecule has 0 saturated carbocycles. The van der Waals surface area contributed by atoms with Crippen LogP contribution in [0, 0.1) is 0 Å². The number of likely N-dealkylation sites (tertiary alicyclic amines) is 1. The predicted octanol–water partition coefficient (Wildman–Crippen LogP) is 0.164. The fourth-order valence-electron chi connectivity index (χ4n) is 3.47. The fourth-order valence-corrected chi connectivity index (χ4v) is 4.66. The lowest BCUT2D eigenvalue weighted by atomic mass is 9.98. The van der Waals surface area contributed by atoms with Crippen molar-refractivity contribution >= 4 is 40.7 Å². The average Bonchev–Trinajstić information content (AvgIpc) is 2.93. The molecule has 1 fully saturated rings. The first kappa shape index (κ1) is 21.4. The molecule has 4 unspecified atom stereocenters. The van der Waals surface area contributed by atoms with Crippen molar-refractivity contribution in [2.75, 3.05) is 7.11 Å². The Bertz CT molecular complexity index is 985. The Labute approximate surface area is 174 Å². The topological polar surface area (TPSA) is 127 Å². The molecule has 10 nitrogen and oxygen atoms in total. The summed E-state index contributed by atoms with van der Waals surface area (Å²) in [6, 6.07) is 3.12. The van der Waals surface area contributed by atoms with Gasteiger partial charge in [-0.2, -0.15) is 0 Å². The summed E-state index contributed by atoms with van der Waals surface area (Å²) in [5, 5.41) is -1.47. The van der Waals surface area contributed by atoms with Crippen LogP contribution in [0.1, 0.15) is 34.6 Å². The Morgan fingerprint density at radius 3 is 2.07 bits per heavy atom. The Morgan fingerprint density at radius 1 is 1.10 bits per heavy atom. The van der Waals surface area contributed by atoms with E-state index in [0.29, 0.717) is 4.90 Å². The van der Waals surface area contributed by atoms with Crippen LogP contribution in [0.15, 0.2) is 36.4 Å². The Hall–Kier alpha value is -3.34. The lowest BCUT2D eigenvalue weighted by Crippen LogP contribution is -2.76. The number of carbonyl (C=O) groups is 5. The maximum absolute atomic E-state index is 13.0. The van der Waals surface area contributed by atoms with E-state index in [1.807, 2.05) is 0 Å². The number of fused-ring (bicyclic) bond motifs is 1. The Kier molecular flexibility index (Phi) is 5.57. The monoisotopic (exact) mass is 434 g/mol. The van der Waals surface area contributed by atoms with Crippen molar-refractivity contribution < 1.29 is 37.1 Å². The first-order valence-corrected chi connectivity index (χ1v) is 9.87. The van der Waals surface area contributed by atoms with Gasteiger partial charge in [-0.05, 0) is 24.6 Å². The van der Waals surface area contributed by atoms with E-state index in [0.717, 1.165) is 18.9 Å². The summed E-state index contributed by atoms with van der Waals surface area (Å²) in [5.41, 5.74) is 0.381. The van der Waals surface area contributed by atoms with Gasteiger partial charge in [0.05, 0.1) is 18.2 Å². The summed E-state index contributed by atoms with van der Waals surface area (Å²) in [6.45, 7) is 6.12. The zero-order valence-corrected chi connectivity index (χ0v) is 17.1. The molecule has 158 valence electrons. The normalized spacial score (nSPS) is 22.2. The molecule has 0 spiro atoms. The van der Waals surface area contributed by atoms with Gasteiger partial charge in [0.15, 0.2) is 17.5 Å². The second kappa shape index (κ2) is 7.82. The van der Waals surface area contributed by atoms with Crippen LogP contribution in [0.4, 0.5) is 0 Å². The molecule has 0 aliphatic carbocycles. The van der Waals surface area contributed by atoms with Gasteiger partial charge >= 0.3 is 11.9 Å². The quantitative estimate of drug-likeness (QED) is 0.268. The number of β-lactam (4-membered cyclic amide) rings is 1. The number of nitrogens with zero attached hydrogens (tertiary/aromatic N) is 2. The molecule has 0 aromatic heterocycles. The van der Waals surface area contributed by atoms with E-state index in [9.17, 15) is 28.2 Å². The highest BCUT2D eigenvalue weighted by atomic mass is 32.2. The van der Waals surface area contributed by atoms with Gasteiger partial charge in [-0.1, -0.05) is 18.7 Å². The molecule has 1 saturated heterocycles. The summed E-state index contributed by atoms with van der Waals surface area (Å²) < 4.78 is 22.1. The van der Waals surface area contributed by atoms with Crippen LogP contribution in [0.3, 0.4) is 0 Å². The van der Waals surface area contributed by atoms with Crippen molar-refractivity contribution in [3.63, 3.8) is 0 Å². The molecular weight excluding hydrogens is 416 g/mol. The van der Waals surface area contributed by atoms with Crippen molar-refractivity contribution in [3.05, 3.63) is 47.5 Å². The summed E-state index contributed by atoms with van der Waals surface area (Å²) in [7, 11) is 1.10. The number of rotatable bonds is 6. The van der Waals surface area contributed by atoms with E-state index in [1.54, 1.807) is 12.1 Å². The third kappa shape index (κ3) is 3.20. The molecule has 2 heterocycles. The van der Waals surface area contributed by atoms with Gasteiger partial charge in [0, 0.05) is 6.92 Å². The fraction of sp³-hybridized carbons (Fsp3) is 0.316. The molecule has 1 aromatic carbocycles. The molecule has 3 amide bonds. The van der Waals surface area contributed by atoms with E-state index in [4.69, 9.17) is 8.92 Å². The highest BCUT2D eigenvalue weighted by molar-refractivity contribution is 7.81. The first-order chi connectivity index (χ1) is 14.1. The van der Waals surface area contributed by atoms with Gasteiger partial charge in [-0.15, -0.1) is 0 Å². The number of esters is 1. The molecule has 0 bridgehead atoms. The van der Waals surface area contributed by atoms with Crippen LogP contribution in [0.5, 0.6) is 0 Å². The molecule has 1 aromatic rings. The third-order valence-electron chi connectivity index (χ3n) is 4.72. The largest absolute Gasteiger partial charge is 0.467 e. The molecule has 11 heteroatoms. The molecular formula is C19H18N2O8S. The molecule has 0 N–H and O–H groups in total. The minimum atomic E-state index is -2.48. The van der Waals surface area contributed by atoms with Crippen LogP contribution < -0.4 is 0 Å². The average molecular weight is 434 g/mol. The summed E-state index contributed by atoms with van der Waals surface area (Å²) >= 11 is -2.48. The molecule has 3 rings (SSSR count). The van der Waals surface area contributed by atoms with Gasteiger partial charge < -0.3 is 13.8 Å². The minimum absolute atomic E-state index is 0.0928. The van der Waals surface area contributed by atoms with E-state index in [1.165, 1.54) is 19.1 Å². The van der Waals surface area contributed by atoms with Crippen LogP contribution in [0.2, 0.25) is 0 Å². The smallest absolute Gasteiger partial charge is 0.332 e. The van der Waals surface area contributed by atoms with Gasteiger partial charge in [0.2, 0.25) is 11.1 Å². The molecule has 2 aliphatic heterocycles. The van der Waals surface area contributed by atoms with E-state index >= 15 is 0 Å². The van der Waals surface area contributed by atoms with Crippen molar-refractivity contribution in [2.24, 2.45) is 0 Å². The minimum Gasteiger partial charge on any atom is -0.467 e. The van der Waals surface area contributed by atoms with E-state index in [-0.39, 0.29) is 16.7 Å². The number of benzene rings is 1. The second-order valence-electron chi connectivity index (χ2n) is 6.71. The van der Waals surface area contributed by atoms with Crippen molar-refractivity contribution in [3.8, 4) is 0 Å². The summed E-state index contributed by atoms with van der Waals surface area (Å²) in [4.78, 5) is 63.7. The van der Waals surface area contributed by atoms with Crippen LogP contribution >= 0.6 is 0 Å². The van der Waals surface area contributed by atoms with Crippen molar-refractivity contribution in [1.82, 2.24) is 9.80 Å². The van der Waals surface area contributed by atoms with Crippen LogP contribution in [0.25, 0.3) is 0 Å². The molecule has 4 atom stereocenters. The van der Waals surface area contributed by atoms with E-state index < -0.39 is 58.2 Å². The number of hydrogen-bond acceptors (Lipinski definition) is 8. The Morgan fingerprint density at radius 2 is 1.63 bits per heavy atom. The van der Waals surface area contributed by atoms with E-state index in [2.05, 4.69) is 6.58 Å². The van der Waals surface area contributed by atoms with Crippen molar-refractivity contribution in [1.29, 1.82) is 0 Å². The van der Waals surface area contributed by atoms with Gasteiger partial charge in [0.25, 0.3) is 17.7 Å². The lowest BCUT2D eigenvalue weighted by molar-refractivity contribution is -0.163. The number of carbonyl (C=O) groups excluding carboxylic acids is 5. The molecule has 0 radical (unpaired) electrons. The number of methoxy groups -OCH3 is 1. The molecule has 2 aliphatic rings. The predicted molar refractivity (Wildman–Crippen MR) is 102 cm³/mol. The summed E-state index contributed by atoms with van der Waals surface area (Å²) in [6.07, 6.45) is 0. The Balaban J connectivity index is 2.04. The zero-order valence-electron chi connectivity index (χ0n) is 16.3. The second-order valence-corrected chi connectivity index (χ2v) is 7.88. The highest BCUT2D eigenvalue weighted by Gasteiger charge is 2.62. The zero-order chi connectivity index (χ0) is 22.3. The lowest BCUT2D eigenvalue weighted by Gasteiger charge is -2.50. The van der Waals surface area contributed by atoms with Crippen LogP contribution in [-0.4, -0.2) is 68.2 Å². The van der Waals surface area contributed by atoms with Gasteiger partial charge in [-0.25, -0.2) is 9.00 Å². The van der Waals surface area contributed by atoms with Crippen LogP contribution in [-0.2, 0) is 34.4 Å². The standard InChI is InChI=1S/C19H18N2O8S/c1-9(2)13(19(26)28-4)21-17(25)14(18(21)30(27)29-10(3)22)20-15(23)11-7-5-6-8-12(11)16(20)24/h5-8,13-14,18H,1H2,2-4H3. The van der Waals surface area contributed by atoms with Gasteiger partial charge in [0.1, 0.15) is 0 Å². The number of hydrogen-bond donors (Lipinski definition) is 0. The maximum Gasteiger partial charge on any atom is 0.332 e. The SMILES string of the molecule is C=C(C)C(C(=O)OC)N1C(=O)C(N2C(=O)c3ccccc3C2=O)C1S(=O)OC(C)=O. The highest BCUT2D eigenvalue weighted by Crippen LogP contribution is 2.37. The maximum atomic E-state index is 13.0. The molecule has 30 heavy (non-hydrogen) atoms. The van der Waals surface area contributed by atoms with Crippen molar-refractivity contribution in [2.45, 2.75) is 31.3 Å². The number of ether oxygens (including phenoxy) is 1. The first-order valence-electron chi connectivity index (χ1n) is 8.73. The number of amides is 3. The number of imide groups is 1.